The molecule has 0 radical (unpaired) electrons. The predicted octanol–water partition coefficient (Wildman–Crippen LogP) is 4.24. The number of phenols is 2. The van der Waals surface area contributed by atoms with Crippen molar-refractivity contribution in [2.45, 2.75) is 19.9 Å². The number of aryl methyl sites for hydroxylation is 3. The number of phenolic OH excluding ortho intramolecular Hbond substituents is 2. The monoisotopic (exact) mass is 494 g/mol. The Morgan fingerprint density at radius 1 is 0.865 bits per heavy atom. The van der Waals surface area contributed by atoms with Crippen molar-refractivity contribution in [1.29, 1.82) is 0 Å². The van der Waals surface area contributed by atoms with E-state index in [0.29, 0.717) is 27.9 Å². The number of benzene rings is 3. The summed E-state index contributed by atoms with van der Waals surface area (Å²) in [6.45, 7) is 4.06. The first-order chi connectivity index (χ1) is 17.7. The minimum absolute atomic E-state index is 0.00372. The normalized spacial score (nSPS) is 14.3. The first-order valence-corrected chi connectivity index (χ1v) is 12.0. The van der Waals surface area contributed by atoms with Crippen LogP contribution in [0.25, 0.3) is 27.8 Å². The number of hydrogen-bond acceptors (Lipinski definition) is 5. The number of aromatic nitrogens is 3. The third kappa shape index (κ3) is 3.15. The highest BCUT2D eigenvalue weighted by atomic mass is 16.3. The Morgan fingerprint density at radius 2 is 1.57 bits per heavy atom. The van der Waals surface area contributed by atoms with Crippen LogP contribution in [0, 0.1) is 13.8 Å². The molecule has 0 saturated heterocycles. The van der Waals surface area contributed by atoms with E-state index in [4.69, 9.17) is 0 Å². The largest absolute Gasteiger partial charge is 0.508 e. The van der Waals surface area contributed by atoms with Crippen LogP contribution in [0.1, 0.15) is 28.4 Å². The van der Waals surface area contributed by atoms with Crippen LogP contribution in [-0.2, 0) is 14.1 Å². The quantitative estimate of drug-likeness (QED) is 0.319. The lowest BCUT2D eigenvalue weighted by atomic mass is 9.97. The molecule has 3 aromatic carbocycles. The third-order valence-electron chi connectivity index (χ3n) is 7.40. The molecule has 0 fully saturated rings. The SMILES string of the molecule is Cc1cc2c(cc1C)-n1c(-c3ccccc3)c3c(=O)n(C)c(=O)n(C)c3c1[C@H](c1cc(O)ccc1O)N2. The molecule has 0 spiro atoms. The van der Waals surface area contributed by atoms with Gasteiger partial charge in [-0.25, -0.2) is 4.79 Å². The molecule has 0 aliphatic carbocycles. The number of nitrogens with one attached hydrogen (secondary N) is 1. The van der Waals surface area contributed by atoms with Gasteiger partial charge >= 0.3 is 5.69 Å². The number of fused-ring (bicyclic) bond motifs is 5. The number of rotatable bonds is 2. The zero-order valence-electron chi connectivity index (χ0n) is 20.9. The maximum Gasteiger partial charge on any atom is 0.331 e. The molecule has 5 aromatic rings. The molecular formula is C29H26N4O4. The van der Waals surface area contributed by atoms with Crippen molar-refractivity contribution in [1.82, 2.24) is 13.7 Å². The molecule has 0 amide bonds. The summed E-state index contributed by atoms with van der Waals surface area (Å²) in [5.41, 5.74) is 5.95. The summed E-state index contributed by atoms with van der Waals surface area (Å²) < 4.78 is 4.62. The summed E-state index contributed by atoms with van der Waals surface area (Å²) in [6, 6.07) is 17.4. The molecule has 186 valence electrons. The first-order valence-electron chi connectivity index (χ1n) is 12.0. The van der Waals surface area contributed by atoms with Crippen molar-refractivity contribution in [2.24, 2.45) is 14.1 Å². The molecule has 37 heavy (non-hydrogen) atoms. The second-order valence-corrected chi connectivity index (χ2v) is 9.64. The Labute approximate surface area is 212 Å². The number of nitrogens with zero attached hydrogens (tertiary/aromatic N) is 3. The van der Waals surface area contributed by atoms with Gasteiger partial charge in [0, 0.05) is 19.7 Å². The van der Waals surface area contributed by atoms with E-state index >= 15 is 0 Å². The van der Waals surface area contributed by atoms with E-state index in [1.165, 1.54) is 29.8 Å². The lowest BCUT2D eigenvalue weighted by Crippen LogP contribution is -2.37. The van der Waals surface area contributed by atoms with Crippen molar-refractivity contribution in [3.05, 3.63) is 104 Å². The van der Waals surface area contributed by atoms with E-state index in [-0.39, 0.29) is 11.5 Å². The second-order valence-electron chi connectivity index (χ2n) is 9.64. The summed E-state index contributed by atoms with van der Waals surface area (Å²) >= 11 is 0. The van der Waals surface area contributed by atoms with Crippen molar-refractivity contribution in [3.8, 4) is 28.4 Å². The van der Waals surface area contributed by atoms with Crippen molar-refractivity contribution in [3.63, 3.8) is 0 Å². The fraction of sp³-hybridized carbons (Fsp3) is 0.172. The molecule has 1 aliphatic heterocycles. The van der Waals surface area contributed by atoms with Gasteiger partial charge in [0.15, 0.2) is 0 Å². The standard InChI is InChI=1S/C29H26N4O4/c1-15-12-20-21(13-16(15)2)33-25(17-8-6-5-7-9-17)23-26(31(3)29(37)32(4)28(23)36)27(33)24(30-20)19-14-18(34)10-11-22(19)35/h5-14,24,30,34-35H,1-4H3/t24-/m0/s1. The zero-order valence-corrected chi connectivity index (χ0v) is 20.9. The maximum absolute atomic E-state index is 13.7. The fourth-order valence-electron chi connectivity index (χ4n) is 5.40. The number of anilines is 1. The van der Waals surface area contributed by atoms with Gasteiger partial charge in [-0.05, 0) is 60.9 Å². The molecule has 8 nitrogen and oxygen atoms in total. The molecule has 6 rings (SSSR count). The van der Waals surface area contributed by atoms with Crippen molar-refractivity contribution < 1.29 is 10.2 Å². The minimum Gasteiger partial charge on any atom is -0.508 e. The second kappa shape index (κ2) is 7.89. The highest BCUT2D eigenvalue weighted by molar-refractivity contribution is 5.99. The van der Waals surface area contributed by atoms with E-state index in [1.807, 2.05) is 54.8 Å². The Morgan fingerprint density at radius 3 is 2.30 bits per heavy atom. The number of hydrogen-bond donors (Lipinski definition) is 3. The van der Waals surface area contributed by atoms with Crippen LogP contribution in [0.3, 0.4) is 0 Å². The average Bonchev–Trinajstić information content (AvgIpc) is 3.25. The van der Waals surface area contributed by atoms with Gasteiger partial charge < -0.3 is 20.1 Å². The lowest BCUT2D eigenvalue weighted by Gasteiger charge is -2.32. The molecule has 0 bridgehead atoms. The Balaban J connectivity index is 1.89. The Kier molecular flexibility index (Phi) is 4.85. The van der Waals surface area contributed by atoms with Gasteiger partial charge in [-0.1, -0.05) is 30.3 Å². The van der Waals surface area contributed by atoms with E-state index in [0.717, 1.165) is 32.6 Å². The molecule has 1 aliphatic rings. The molecular weight excluding hydrogens is 468 g/mol. The van der Waals surface area contributed by atoms with Crippen LogP contribution in [0.4, 0.5) is 5.69 Å². The van der Waals surface area contributed by atoms with Gasteiger partial charge in [0.25, 0.3) is 5.56 Å². The third-order valence-corrected chi connectivity index (χ3v) is 7.40. The Bertz CT molecular complexity index is 1860. The zero-order chi connectivity index (χ0) is 26.2. The summed E-state index contributed by atoms with van der Waals surface area (Å²) in [5, 5.41) is 25.1. The van der Waals surface area contributed by atoms with Gasteiger partial charge in [-0.2, -0.15) is 0 Å². The fourth-order valence-corrected chi connectivity index (χ4v) is 5.40. The van der Waals surface area contributed by atoms with E-state index in [9.17, 15) is 19.8 Å². The number of aromatic hydroxyl groups is 2. The minimum atomic E-state index is -0.667. The molecule has 2 aromatic heterocycles. The molecule has 3 N–H and O–H groups in total. The Hall–Kier alpha value is -4.72. The van der Waals surface area contributed by atoms with Gasteiger partial charge in [0.05, 0.1) is 39.7 Å². The lowest BCUT2D eigenvalue weighted by molar-refractivity contribution is 0.452. The van der Waals surface area contributed by atoms with Crippen LogP contribution in [0.15, 0.2) is 70.3 Å². The van der Waals surface area contributed by atoms with Gasteiger partial charge in [0.2, 0.25) is 0 Å². The summed E-state index contributed by atoms with van der Waals surface area (Å²) in [6.07, 6.45) is 0. The average molecular weight is 495 g/mol. The first kappa shape index (κ1) is 22.7. The summed E-state index contributed by atoms with van der Waals surface area (Å²) in [4.78, 5) is 26.9. The van der Waals surface area contributed by atoms with Crippen LogP contribution in [-0.4, -0.2) is 23.9 Å². The van der Waals surface area contributed by atoms with E-state index in [1.54, 1.807) is 7.05 Å². The molecule has 3 heterocycles. The summed E-state index contributed by atoms with van der Waals surface area (Å²) in [5.74, 6) is -0.0189. The van der Waals surface area contributed by atoms with Crippen LogP contribution < -0.4 is 16.6 Å². The molecule has 0 unspecified atom stereocenters. The van der Waals surface area contributed by atoms with E-state index < -0.39 is 17.3 Å². The van der Waals surface area contributed by atoms with E-state index in [2.05, 4.69) is 11.4 Å². The van der Waals surface area contributed by atoms with Crippen molar-refractivity contribution in [2.75, 3.05) is 5.32 Å². The van der Waals surface area contributed by atoms with Gasteiger partial charge in [0.1, 0.15) is 11.5 Å². The van der Waals surface area contributed by atoms with Crippen molar-refractivity contribution >= 4 is 16.6 Å². The predicted molar refractivity (Wildman–Crippen MR) is 144 cm³/mol. The van der Waals surface area contributed by atoms with Gasteiger partial charge in [-0.15, -0.1) is 0 Å². The smallest absolute Gasteiger partial charge is 0.331 e. The maximum atomic E-state index is 13.7. The summed E-state index contributed by atoms with van der Waals surface area (Å²) in [7, 11) is 3.13. The molecule has 8 heteroatoms. The van der Waals surface area contributed by atoms with Crippen LogP contribution in [0.2, 0.25) is 0 Å². The highest BCUT2D eigenvalue weighted by Gasteiger charge is 2.36. The van der Waals surface area contributed by atoms with Gasteiger partial charge in [-0.3, -0.25) is 13.9 Å². The molecule has 1 atom stereocenters. The topological polar surface area (TPSA) is 101 Å². The van der Waals surface area contributed by atoms with Crippen LogP contribution in [0.5, 0.6) is 11.5 Å². The molecule has 0 saturated carbocycles. The highest BCUT2D eigenvalue weighted by Crippen LogP contribution is 2.47. The van der Waals surface area contributed by atoms with Crippen LogP contribution >= 0.6 is 0 Å².